The summed E-state index contributed by atoms with van der Waals surface area (Å²) in [5, 5.41) is 23.5. The molecule has 5 nitrogen and oxygen atoms in total. The van der Waals surface area contributed by atoms with Gasteiger partial charge in [0.15, 0.2) is 0 Å². The Balaban J connectivity index is 2.26. The predicted octanol–water partition coefficient (Wildman–Crippen LogP) is 4.23. The Morgan fingerprint density at radius 1 is 1.14 bits per heavy atom. The number of anilines is 1. The highest BCUT2D eigenvalue weighted by Crippen LogP contribution is 2.23. The molecule has 0 atom stereocenters. The molecule has 0 aliphatic rings. The summed E-state index contributed by atoms with van der Waals surface area (Å²) >= 11 is 11.7. The number of hydrogen-bond acceptors (Lipinski definition) is 4. The number of hydrazone groups is 1. The van der Waals surface area contributed by atoms with Crippen LogP contribution in [0.1, 0.15) is 22.8 Å². The van der Waals surface area contributed by atoms with Gasteiger partial charge in [-0.3, -0.25) is 5.43 Å². The molecule has 0 amide bonds. The third kappa shape index (κ3) is 3.69. The van der Waals surface area contributed by atoms with E-state index in [-0.39, 0.29) is 16.3 Å². The molecule has 3 N–H and O–H groups in total. The largest absolute Gasteiger partial charge is 0.507 e. The number of carbonyl (C=O) groups is 1. The van der Waals surface area contributed by atoms with Crippen molar-refractivity contribution in [3.05, 3.63) is 57.6 Å². The maximum absolute atomic E-state index is 11.0. The number of hydrogen-bond donors (Lipinski definition) is 3. The summed E-state index contributed by atoms with van der Waals surface area (Å²) in [6, 6.07) is 9.07. The molecule has 2 rings (SSSR count). The van der Waals surface area contributed by atoms with E-state index >= 15 is 0 Å². The highest BCUT2D eigenvalue weighted by atomic mass is 35.5. The van der Waals surface area contributed by atoms with Gasteiger partial charge in [0, 0.05) is 10.6 Å². The zero-order valence-corrected chi connectivity index (χ0v) is 13.0. The van der Waals surface area contributed by atoms with Crippen molar-refractivity contribution < 1.29 is 15.0 Å². The molecule has 0 aliphatic heterocycles. The smallest absolute Gasteiger partial charge is 0.337 e. The maximum Gasteiger partial charge on any atom is 0.337 e. The fourth-order valence-corrected chi connectivity index (χ4v) is 2.14. The van der Waals surface area contributed by atoms with Crippen molar-refractivity contribution in [1.29, 1.82) is 0 Å². The minimum atomic E-state index is -1.12. The maximum atomic E-state index is 11.0. The van der Waals surface area contributed by atoms with Crippen LogP contribution in [0.25, 0.3) is 0 Å². The summed E-state index contributed by atoms with van der Waals surface area (Å²) < 4.78 is 0. The summed E-state index contributed by atoms with van der Waals surface area (Å²) in [5.41, 5.74) is 4.13. The van der Waals surface area contributed by atoms with Crippen molar-refractivity contribution in [2.24, 2.45) is 5.10 Å². The zero-order valence-electron chi connectivity index (χ0n) is 11.5. The number of nitrogens with one attached hydrogen (secondary N) is 1. The van der Waals surface area contributed by atoms with Gasteiger partial charge in [-0.1, -0.05) is 23.2 Å². The molecule has 0 unspecified atom stereocenters. The standard InChI is InChI=1S/C15H12Cl2N2O3/c1-8(11-6-9(16)2-5-14(11)20)18-19-10-3-4-13(17)12(7-10)15(21)22/h2-7,19-20H,1H3,(H,21,22)/b18-8+. The molecule has 22 heavy (non-hydrogen) atoms. The van der Waals surface area contributed by atoms with Crippen LogP contribution in [0, 0.1) is 0 Å². The van der Waals surface area contributed by atoms with Crippen LogP contribution in [-0.4, -0.2) is 21.9 Å². The fourth-order valence-electron chi connectivity index (χ4n) is 1.77. The van der Waals surface area contributed by atoms with E-state index in [0.717, 1.165) is 0 Å². The van der Waals surface area contributed by atoms with Crippen molar-refractivity contribution in [3.63, 3.8) is 0 Å². The highest BCUT2D eigenvalue weighted by molar-refractivity contribution is 6.33. The van der Waals surface area contributed by atoms with Crippen LogP contribution >= 0.6 is 23.2 Å². The lowest BCUT2D eigenvalue weighted by atomic mass is 10.1. The number of benzene rings is 2. The average Bonchev–Trinajstić information content (AvgIpc) is 2.48. The minimum absolute atomic E-state index is 0.0230. The SMILES string of the molecule is C/C(=N\Nc1ccc(Cl)c(C(=O)O)c1)c1cc(Cl)ccc1O. The minimum Gasteiger partial charge on any atom is -0.507 e. The molecule has 0 fully saturated rings. The van der Waals surface area contributed by atoms with E-state index in [1.165, 1.54) is 18.2 Å². The van der Waals surface area contributed by atoms with Crippen LogP contribution in [0.4, 0.5) is 5.69 Å². The zero-order chi connectivity index (χ0) is 16.3. The molecule has 0 heterocycles. The first-order chi connectivity index (χ1) is 10.4. The number of nitrogens with zero attached hydrogens (tertiary/aromatic N) is 1. The summed E-state index contributed by atoms with van der Waals surface area (Å²) in [5.74, 6) is -1.07. The van der Waals surface area contributed by atoms with E-state index in [2.05, 4.69) is 10.5 Å². The Hall–Kier alpha value is -2.24. The number of carboxylic acid groups (broad SMARTS) is 1. The van der Waals surface area contributed by atoms with Gasteiger partial charge in [-0.15, -0.1) is 0 Å². The van der Waals surface area contributed by atoms with E-state index in [0.29, 0.717) is 22.0 Å². The Morgan fingerprint density at radius 3 is 2.55 bits per heavy atom. The molecule has 0 aliphatic carbocycles. The lowest BCUT2D eigenvalue weighted by Gasteiger charge is -2.07. The lowest BCUT2D eigenvalue weighted by Crippen LogP contribution is -2.02. The van der Waals surface area contributed by atoms with Crippen molar-refractivity contribution >= 4 is 40.6 Å². The number of aromatic carboxylic acids is 1. The number of phenolic OH excluding ortho intramolecular Hbond substituents is 1. The topological polar surface area (TPSA) is 81.9 Å². The van der Waals surface area contributed by atoms with Gasteiger partial charge in [0.25, 0.3) is 0 Å². The van der Waals surface area contributed by atoms with E-state index in [1.807, 2.05) is 0 Å². The Labute approximate surface area is 136 Å². The Morgan fingerprint density at radius 2 is 1.86 bits per heavy atom. The van der Waals surface area contributed by atoms with Gasteiger partial charge >= 0.3 is 5.97 Å². The van der Waals surface area contributed by atoms with Crippen LogP contribution in [0.15, 0.2) is 41.5 Å². The van der Waals surface area contributed by atoms with Crippen LogP contribution in [0.5, 0.6) is 5.75 Å². The lowest BCUT2D eigenvalue weighted by molar-refractivity contribution is 0.0697. The van der Waals surface area contributed by atoms with E-state index in [4.69, 9.17) is 28.3 Å². The summed E-state index contributed by atoms with van der Waals surface area (Å²) in [7, 11) is 0. The first-order valence-electron chi connectivity index (χ1n) is 6.20. The molecule has 2 aromatic rings. The van der Waals surface area contributed by atoms with Gasteiger partial charge < -0.3 is 10.2 Å². The van der Waals surface area contributed by atoms with E-state index in [9.17, 15) is 9.90 Å². The van der Waals surface area contributed by atoms with E-state index in [1.54, 1.807) is 25.1 Å². The Kier molecular flexibility index (Phi) is 4.90. The van der Waals surface area contributed by atoms with E-state index < -0.39 is 5.97 Å². The molecule has 0 spiro atoms. The second-order valence-electron chi connectivity index (χ2n) is 4.47. The molecule has 0 radical (unpaired) electrons. The van der Waals surface area contributed by atoms with Gasteiger partial charge in [0.05, 0.1) is 22.0 Å². The van der Waals surface area contributed by atoms with Gasteiger partial charge in [-0.2, -0.15) is 5.10 Å². The molecular weight excluding hydrogens is 327 g/mol. The number of halogens is 2. The van der Waals surface area contributed by atoms with Crippen molar-refractivity contribution in [3.8, 4) is 5.75 Å². The number of phenols is 1. The van der Waals surface area contributed by atoms with Gasteiger partial charge in [0.2, 0.25) is 0 Å². The molecular formula is C15H12Cl2N2O3. The first kappa shape index (κ1) is 16.1. The van der Waals surface area contributed by atoms with Crippen LogP contribution in [-0.2, 0) is 0 Å². The van der Waals surface area contributed by atoms with Crippen molar-refractivity contribution in [2.45, 2.75) is 6.92 Å². The van der Waals surface area contributed by atoms with Gasteiger partial charge in [0.1, 0.15) is 5.75 Å². The summed E-state index contributed by atoms with van der Waals surface area (Å²) in [6.45, 7) is 1.69. The van der Waals surface area contributed by atoms with Crippen molar-refractivity contribution in [1.82, 2.24) is 0 Å². The average molecular weight is 339 g/mol. The summed E-state index contributed by atoms with van der Waals surface area (Å²) in [4.78, 5) is 11.0. The molecule has 0 saturated carbocycles. The molecule has 0 aromatic heterocycles. The first-order valence-corrected chi connectivity index (χ1v) is 6.96. The monoisotopic (exact) mass is 338 g/mol. The normalized spacial score (nSPS) is 11.3. The third-order valence-corrected chi connectivity index (χ3v) is 3.46. The fraction of sp³-hybridized carbons (Fsp3) is 0.0667. The van der Waals surface area contributed by atoms with Crippen molar-refractivity contribution in [2.75, 3.05) is 5.43 Å². The number of aromatic hydroxyl groups is 1. The predicted molar refractivity (Wildman–Crippen MR) is 87.4 cm³/mol. The van der Waals surface area contributed by atoms with Crippen LogP contribution < -0.4 is 5.43 Å². The molecule has 0 saturated heterocycles. The molecule has 7 heteroatoms. The second-order valence-corrected chi connectivity index (χ2v) is 5.31. The second kappa shape index (κ2) is 6.68. The van der Waals surface area contributed by atoms with Crippen LogP contribution in [0.2, 0.25) is 10.0 Å². The molecule has 0 bridgehead atoms. The highest BCUT2D eigenvalue weighted by Gasteiger charge is 2.10. The summed E-state index contributed by atoms with van der Waals surface area (Å²) in [6.07, 6.45) is 0. The third-order valence-electron chi connectivity index (χ3n) is 2.90. The van der Waals surface area contributed by atoms with Gasteiger partial charge in [-0.05, 0) is 43.3 Å². The van der Waals surface area contributed by atoms with Gasteiger partial charge in [-0.25, -0.2) is 4.79 Å². The van der Waals surface area contributed by atoms with Crippen LogP contribution in [0.3, 0.4) is 0 Å². The Bertz CT molecular complexity index is 760. The molecule has 114 valence electrons. The molecule has 2 aromatic carbocycles. The number of rotatable bonds is 4. The number of carboxylic acids is 1. The quantitative estimate of drug-likeness (QED) is 0.575.